The Bertz CT molecular complexity index is 3.61. The largest absolute Gasteiger partial charge is 0.269 e. The Kier molecular flexibility index (Phi) is 1370. The molecule has 0 nitrogen and oxygen atoms in total. The van der Waals surface area contributed by atoms with Gasteiger partial charge in [-0.15, -0.1) is 0 Å². The molecule has 0 saturated heterocycles. The molecular weight excluding hydrogens is 249 g/mol. The number of hydrogen-bond acceptors (Lipinski definition) is 0. The van der Waals surface area contributed by atoms with E-state index in [1.807, 2.05) is 0 Å². The van der Waals surface area contributed by atoms with Crippen molar-refractivity contribution in [3.63, 3.8) is 0 Å². The van der Waals surface area contributed by atoms with Crippen LogP contribution in [0.2, 0.25) is 0 Å². The molecule has 46 valence electrons. The molecule has 0 radical (unpaired) electrons. The molecule has 5 heavy (non-hydrogen) atoms. The molecule has 0 aliphatic carbocycles. The molecule has 0 amide bonds. The van der Waals surface area contributed by atoms with Crippen molar-refractivity contribution < 1.29 is 65.7 Å². The van der Waals surface area contributed by atoms with E-state index < -0.39 is 0 Å². The third-order valence-electron chi connectivity index (χ3n) is 0. The Morgan fingerprint density at radius 1 is 0.400 bits per heavy atom. The molecule has 0 fully saturated rings. The van der Waals surface area contributed by atoms with Crippen molar-refractivity contribution in [1.29, 1.82) is 0 Å². The average molecular weight is 253 g/mol. The van der Waals surface area contributed by atoms with Crippen LogP contribution in [0.25, 0.3) is 0 Å². The minimum Gasteiger partial charge on any atom is -0.269 e. The molecular formula is H4F4Yb. The summed E-state index contributed by atoms with van der Waals surface area (Å²) >= 11 is 0. The number of hydrogen-bond donors (Lipinski definition) is 0. The van der Waals surface area contributed by atoms with E-state index in [1.165, 1.54) is 0 Å². The predicted molar refractivity (Wildman–Crippen MR) is 10.0 cm³/mol. The van der Waals surface area contributed by atoms with Crippen LogP contribution < -0.4 is 0 Å². The van der Waals surface area contributed by atoms with Crippen molar-refractivity contribution in [2.24, 2.45) is 0 Å². The summed E-state index contributed by atoms with van der Waals surface area (Å²) < 4.78 is 0. The van der Waals surface area contributed by atoms with Crippen LogP contribution >= 0.6 is 0 Å². The summed E-state index contributed by atoms with van der Waals surface area (Å²) in [4.78, 5) is 0. The van der Waals surface area contributed by atoms with Crippen LogP contribution in [0.1, 0.15) is 0 Å². The van der Waals surface area contributed by atoms with Gasteiger partial charge in [0.2, 0.25) is 0 Å². The molecule has 0 N–H and O–H groups in total. The van der Waals surface area contributed by atoms with Crippen LogP contribution in [-0.4, -0.2) is 0 Å². The summed E-state index contributed by atoms with van der Waals surface area (Å²) in [6, 6.07) is 0. The van der Waals surface area contributed by atoms with Crippen molar-refractivity contribution in [3.05, 3.63) is 0 Å². The zero-order valence-corrected chi connectivity index (χ0v) is 3.62. The second-order valence-electron chi connectivity index (χ2n) is 0. The van der Waals surface area contributed by atoms with Gasteiger partial charge in [0.05, 0.1) is 0 Å². The van der Waals surface area contributed by atoms with Crippen molar-refractivity contribution in [2.75, 3.05) is 0 Å². The van der Waals surface area contributed by atoms with E-state index in [4.69, 9.17) is 0 Å². The summed E-state index contributed by atoms with van der Waals surface area (Å²) in [7, 11) is 0. The fourth-order valence-corrected chi connectivity index (χ4v) is 0. The maximum Gasteiger partial charge on any atom is 0 e. The first kappa shape index (κ1) is 111. The molecule has 0 bridgehead atoms. The van der Waals surface area contributed by atoms with E-state index >= 15 is 0 Å². The Hall–Kier alpha value is 1.24. The van der Waals surface area contributed by atoms with Crippen LogP contribution in [0.15, 0.2) is 0 Å². The van der Waals surface area contributed by atoms with E-state index in [-0.39, 0.29) is 65.7 Å². The molecule has 0 aliphatic heterocycles. The average Bonchev–Trinajstić information content (AvgIpc) is 0. The van der Waals surface area contributed by atoms with Gasteiger partial charge in [-0.05, 0) is 0 Å². The second kappa shape index (κ2) is 61.3. The zero-order valence-electron chi connectivity index (χ0n) is 1.90. The number of rotatable bonds is 0. The molecule has 0 saturated carbocycles. The zero-order chi connectivity index (χ0) is 0. The first-order valence-corrected chi connectivity index (χ1v) is 0. The monoisotopic (exact) mass is 254 g/mol. The maximum atomic E-state index is 0. The van der Waals surface area contributed by atoms with E-state index in [0.717, 1.165) is 0 Å². The molecule has 5 heteroatoms. The third kappa shape index (κ3) is 35.8. The first-order chi connectivity index (χ1) is 0. The molecule has 0 aromatic carbocycles. The van der Waals surface area contributed by atoms with Crippen molar-refractivity contribution in [1.82, 2.24) is 0 Å². The third-order valence-corrected chi connectivity index (χ3v) is 0. The van der Waals surface area contributed by atoms with Gasteiger partial charge in [0.1, 0.15) is 0 Å². The molecule has 0 heterocycles. The topological polar surface area (TPSA) is 0 Å². The normalized spacial score (nSPS) is 0. The van der Waals surface area contributed by atoms with Gasteiger partial charge in [0.15, 0.2) is 0 Å². The Balaban J connectivity index is 0. The summed E-state index contributed by atoms with van der Waals surface area (Å²) in [5.74, 6) is 0. The van der Waals surface area contributed by atoms with Gasteiger partial charge in [-0.3, -0.25) is 18.8 Å². The standard InChI is InChI=1S/4FH.Yb/h4*1H;. The van der Waals surface area contributed by atoms with Gasteiger partial charge in [-0.2, -0.15) is 0 Å². The second-order valence-corrected chi connectivity index (χ2v) is 0. The maximum absolute atomic E-state index is 0. The molecule has 0 atom stereocenters. The fourth-order valence-electron chi connectivity index (χ4n) is 0. The summed E-state index contributed by atoms with van der Waals surface area (Å²) in [6.45, 7) is 0. The van der Waals surface area contributed by atoms with E-state index in [1.54, 1.807) is 0 Å². The molecule has 0 unspecified atom stereocenters. The fraction of sp³-hybridized carbons (Fsp3) is 0. The van der Waals surface area contributed by atoms with Gasteiger partial charge in [0.25, 0.3) is 0 Å². The van der Waals surface area contributed by atoms with Crippen molar-refractivity contribution in [2.45, 2.75) is 0 Å². The van der Waals surface area contributed by atoms with Gasteiger partial charge >= 0.3 is 0 Å². The van der Waals surface area contributed by atoms with Crippen molar-refractivity contribution >= 4 is 0 Å². The van der Waals surface area contributed by atoms with Gasteiger partial charge in [0, 0.05) is 46.9 Å². The quantitative estimate of drug-likeness (QED) is 0.555. The van der Waals surface area contributed by atoms with Gasteiger partial charge in [-0.1, -0.05) is 0 Å². The van der Waals surface area contributed by atoms with E-state index in [9.17, 15) is 0 Å². The molecule has 0 spiro atoms. The number of halogens is 4. The van der Waals surface area contributed by atoms with Crippen molar-refractivity contribution in [3.8, 4) is 0 Å². The summed E-state index contributed by atoms with van der Waals surface area (Å²) in [6.07, 6.45) is 0. The van der Waals surface area contributed by atoms with Gasteiger partial charge in [-0.25, -0.2) is 0 Å². The molecule has 0 rings (SSSR count). The summed E-state index contributed by atoms with van der Waals surface area (Å²) in [5.41, 5.74) is 0. The SMILES string of the molecule is F.F.F.F.[Yb]. The Labute approximate surface area is 65.0 Å². The van der Waals surface area contributed by atoms with Gasteiger partial charge < -0.3 is 0 Å². The smallest absolute Gasteiger partial charge is 0 e. The van der Waals surface area contributed by atoms with Crippen LogP contribution in [0.5, 0.6) is 0 Å². The van der Waals surface area contributed by atoms with Crippen LogP contribution in [0, 0.1) is 46.9 Å². The first-order valence-electron chi connectivity index (χ1n) is 0. The molecule has 0 aliphatic rings. The van der Waals surface area contributed by atoms with Crippen LogP contribution in [0.3, 0.4) is 0 Å². The van der Waals surface area contributed by atoms with Crippen LogP contribution in [0.4, 0.5) is 18.8 Å². The van der Waals surface area contributed by atoms with Crippen LogP contribution in [-0.2, 0) is 0 Å². The summed E-state index contributed by atoms with van der Waals surface area (Å²) in [5, 5.41) is 0. The molecule has 0 aromatic rings. The Morgan fingerprint density at radius 3 is 0.400 bits per heavy atom. The minimum atomic E-state index is 0. The van der Waals surface area contributed by atoms with E-state index in [2.05, 4.69) is 0 Å². The minimum absolute atomic E-state index is 0. The Morgan fingerprint density at radius 2 is 0.400 bits per heavy atom. The molecule has 0 aromatic heterocycles. The predicted octanol–water partition coefficient (Wildman–Crippen LogP) is 0.610. The van der Waals surface area contributed by atoms with E-state index in [0.29, 0.717) is 0 Å².